The van der Waals surface area contributed by atoms with Gasteiger partial charge in [-0.15, -0.1) is 11.3 Å². The van der Waals surface area contributed by atoms with Gasteiger partial charge >= 0.3 is 5.97 Å². The largest absolute Gasteiger partial charge is 0.496 e. The van der Waals surface area contributed by atoms with E-state index < -0.39 is 5.97 Å². The highest BCUT2D eigenvalue weighted by Gasteiger charge is 2.32. The number of thiazole rings is 1. The first-order valence-corrected chi connectivity index (χ1v) is 12.2. The van der Waals surface area contributed by atoms with Crippen molar-refractivity contribution >= 4 is 28.9 Å². The first-order valence-electron chi connectivity index (χ1n) is 11.0. The van der Waals surface area contributed by atoms with Crippen molar-refractivity contribution in [1.29, 1.82) is 0 Å². The Balaban J connectivity index is 1.55. The predicted octanol–water partition coefficient (Wildman–Crippen LogP) is 5.62. The van der Waals surface area contributed by atoms with Crippen LogP contribution in [0.25, 0.3) is 21.0 Å². The normalized spacial score (nSPS) is 14.3. The summed E-state index contributed by atoms with van der Waals surface area (Å²) in [5.41, 5.74) is 2.22. The number of hydrogen-bond donors (Lipinski definition) is 1. The zero-order valence-electron chi connectivity index (χ0n) is 19.2. The van der Waals surface area contributed by atoms with Gasteiger partial charge in [0.2, 0.25) is 0 Å². The van der Waals surface area contributed by atoms with Gasteiger partial charge in [-0.3, -0.25) is 4.79 Å². The van der Waals surface area contributed by atoms with Crippen molar-refractivity contribution in [2.45, 2.75) is 26.4 Å². The van der Waals surface area contributed by atoms with Crippen molar-refractivity contribution in [3.63, 3.8) is 0 Å². The van der Waals surface area contributed by atoms with Gasteiger partial charge in [-0.05, 0) is 56.2 Å². The molecule has 0 aliphatic carbocycles. The lowest BCUT2D eigenvalue weighted by Gasteiger charge is -2.36. The molecule has 1 aliphatic heterocycles. The smallest absolute Gasteiger partial charge is 0.309 e. The van der Waals surface area contributed by atoms with E-state index in [1.54, 1.807) is 13.3 Å². The van der Waals surface area contributed by atoms with E-state index in [1.807, 2.05) is 36.9 Å². The number of aromatic nitrogens is 1. The molecule has 0 amide bonds. The molecule has 0 atom stereocenters. The molecule has 1 fully saturated rings. The number of aliphatic carboxylic acids is 1. The fourth-order valence-electron chi connectivity index (χ4n) is 3.96. The monoisotopic (exact) mass is 504 g/mol. The van der Waals surface area contributed by atoms with Crippen LogP contribution < -0.4 is 9.47 Å². The number of hydrogen-bond acceptors (Lipinski definition) is 6. The van der Waals surface area contributed by atoms with E-state index in [0.29, 0.717) is 48.1 Å². The Morgan fingerprint density at radius 1 is 1.32 bits per heavy atom. The molecular weight excluding hydrogens is 479 g/mol. The van der Waals surface area contributed by atoms with Crippen molar-refractivity contribution in [2.75, 3.05) is 26.7 Å². The van der Waals surface area contributed by atoms with Crippen LogP contribution >= 0.6 is 22.9 Å². The van der Waals surface area contributed by atoms with Crippen LogP contribution in [0, 0.1) is 11.7 Å². The van der Waals surface area contributed by atoms with E-state index in [4.69, 9.17) is 26.2 Å². The maximum atomic E-state index is 14.6. The minimum atomic E-state index is -0.772. The second-order valence-corrected chi connectivity index (χ2v) is 9.97. The van der Waals surface area contributed by atoms with Crippen molar-refractivity contribution in [2.24, 2.45) is 5.92 Å². The number of benzene rings is 2. The molecule has 1 N–H and O–H groups in total. The first-order chi connectivity index (χ1) is 16.2. The molecule has 1 aromatic heterocycles. The van der Waals surface area contributed by atoms with Gasteiger partial charge in [-0.2, -0.15) is 0 Å². The van der Waals surface area contributed by atoms with Crippen LogP contribution in [0.3, 0.4) is 0 Å². The van der Waals surface area contributed by atoms with Crippen LogP contribution in [-0.2, 0) is 11.2 Å². The van der Waals surface area contributed by atoms with E-state index in [2.05, 4.69) is 4.98 Å². The van der Waals surface area contributed by atoms with Crippen molar-refractivity contribution in [1.82, 2.24) is 9.88 Å². The third-order valence-electron chi connectivity index (χ3n) is 5.65. The van der Waals surface area contributed by atoms with Crippen molar-refractivity contribution < 1.29 is 23.8 Å². The van der Waals surface area contributed by atoms with E-state index in [1.165, 1.54) is 23.5 Å². The fraction of sp³-hybridized carbons (Fsp3) is 0.360. The summed E-state index contributed by atoms with van der Waals surface area (Å²) in [4.78, 5) is 18.4. The van der Waals surface area contributed by atoms with Gasteiger partial charge in [0.25, 0.3) is 0 Å². The first kappa shape index (κ1) is 24.4. The van der Waals surface area contributed by atoms with Crippen LogP contribution in [0.2, 0.25) is 5.02 Å². The quantitative estimate of drug-likeness (QED) is 0.407. The predicted molar refractivity (Wildman–Crippen MR) is 132 cm³/mol. The van der Waals surface area contributed by atoms with Crippen LogP contribution in [0.15, 0.2) is 36.5 Å². The van der Waals surface area contributed by atoms with E-state index in [9.17, 15) is 9.18 Å². The number of carbonyl (C=O) groups is 1. The van der Waals surface area contributed by atoms with Crippen LogP contribution in [-0.4, -0.2) is 53.8 Å². The number of methoxy groups -OCH3 is 1. The van der Waals surface area contributed by atoms with E-state index in [0.717, 1.165) is 21.0 Å². The van der Waals surface area contributed by atoms with Crippen molar-refractivity contribution in [3.8, 4) is 32.5 Å². The Kier molecular flexibility index (Phi) is 7.40. The van der Waals surface area contributed by atoms with Gasteiger partial charge in [-0.25, -0.2) is 9.37 Å². The highest BCUT2D eigenvalue weighted by atomic mass is 35.5. The summed E-state index contributed by atoms with van der Waals surface area (Å²) in [5.74, 6) is -0.228. The van der Waals surface area contributed by atoms with Crippen LogP contribution in [0.5, 0.6) is 11.5 Å². The molecule has 3 aromatic rings. The summed E-state index contributed by atoms with van der Waals surface area (Å²) in [5, 5.41) is 10.3. The third kappa shape index (κ3) is 5.35. The molecular formula is C25H26ClFN2O4S. The number of halogens is 2. The molecule has 0 radical (unpaired) electrons. The number of nitrogens with zero attached hydrogens (tertiary/aromatic N) is 2. The molecule has 4 rings (SSSR count). The average Bonchev–Trinajstić information content (AvgIpc) is 3.23. The molecule has 2 aromatic carbocycles. The molecule has 0 saturated carbocycles. The molecule has 2 heterocycles. The van der Waals surface area contributed by atoms with Gasteiger partial charge in [0.05, 0.1) is 29.0 Å². The second kappa shape index (κ2) is 10.3. The summed E-state index contributed by atoms with van der Waals surface area (Å²) < 4.78 is 25.9. The van der Waals surface area contributed by atoms with Gasteiger partial charge < -0.3 is 19.5 Å². The summed E-state index contributed by atoms with van der Waals surface area (Å²) in [6, 6.07) is 8.47. The molecule has 34 heavy (non-hydrogen) atoms. The lowest BCUT2D eigenvalue weighted by molar-refractivity contribution is -0.147. The molecule has 0 bridgehead atoms. The minimum absolute atomic E-state index is 0.0177. The van der Waals surface area contributed by atoms with E-state index in [-0.39, 0.29) is 17.8 Å². The van der Waals surface area contributed by atoms with Gasteiger partial charge in [0.15, 0.2) is 0 Å². The number of rotatable bonds is 9. The molecule has 1 saturated heterocycles. The number of carboxylic acids is 1. The lowest BCUT2D eigenvalue weighted by Crippen LogP contribution is -2.50. The van der Waals surface area contributed by atoms with Crippen LogP contribution in [0.4, 0.5) is 4.39 Å². The molecule has 180 valence electrons. The Morgan fingerprint density at radius 3 is 2.74 bits per heavy atom. The SMILES string of the molecule is COc1c(CCN2CC(C(=O)O)C2)cc(F)cc1-c1cnc(-c2ccc(OC(C)C)c(Cl)c2)s1. The Hall–Kier alpha value is -2.68. The summed E-state index contributed by atoms with van der Waals surface area (Å²) in [7, 11) is 1.57. The highest BCUT2D eigenvalue weighted by Crippen LogP contribution is 2.41. The van der Waals surface area contributed by atoms with Crippen LogP contribution in [0.1, 0.15) is 19.4 Å². The molecule has 0 unspecified atom stereocenters. The number of ether oxygens (including phenoxy) is 2. The van der Waals surface area contributed by atoms with Gasteiger partial charge in [-0.1, -0.05) is 11.6 Å². The molecule has 9 heteroatoms. The van der Waals surface area contributed by atoms with Gasteiger partial charge in [0, 0.05) is 37.0 Å². The highest BCUT2D eigenvalue weighted by molar-refractivity contribution is 7.18. The number of likely N-dealkylation sites (tertiary alicyclic amines) is 1. The topological polar surface area (TPSA) is 71.9 Å². The molecule has 1 aliphatic rings. The average molecular weight is 505 g/mol. The standard InChI is InChI=1S/C25H26ClFN2O4S/c1-14(2)33-21-5-4-16(9-20(21)26)24-28-11-22(34-24)19-10-18(27)8-15(23(19)32-3)6-7-29-12-17(13-29)25(30)31/h4-5,8-11,14,17H,6-7,12-13H2,1-3H3,(H,30,31). The van der Waals surface area contributed by atoms with Gasteiger partial charge in [0.1, 0.15) is 22.3 Å². The number of carboxylic acid groups (broad SMARTS) is 1. The Bertz CT molecular complexity index is 1190. The van der Waals surface area contributed by atoms with E-state index >= 15 is 0 Å². The summed E-state index contributed by atoms with van der Waals surface area (Å²) in [6.07, 6.45) is 2.28. The zero-order chi connectivity index (χ0) is 24.4. The maximum absolute atomic E-state index is 14.6. The molecule has 6 nitrogen and oxygen atoms in total. The Morgan fingerprint density at radius 2 is 2.09 bits per heavy atom. The minimum Gasteiger partial charge on any atom is -0.496 e. The lowest BCUT2D eigenvalue weighted by atomic mass is 9.98. The summed E-state index contributed by atoms with van der Waals surface area (Å²) in [6.45, 7) is 5.55. The maximum Gasteiger partial charge on any atom is 0.309 e. The summed E-state index contributed by atoms with van der Waals surface area (Å²) >= 11 is 7.81. The fourth-order valence-corrected chi connectivity index (χ4v) is 5.11. The zero-order valence-corrected chi connectivity index (χ0v) is 20.8. The third-order valence-corrected chi connectivity index (χ3v) is 7.03. The van der Waals surface area contributed by atoms with Crippen molar-refractivity contribution in [3.05, 3.63) is 52.9 Å². The second-order valence-electron chi connectivity index (χ2n) is 8.53. The Labute approximate surface area is 206 Å². The molecule has 0 spiro atoms.